The molecule has 7 heteroatoms. The molecule has 0 aliphatic rings. The Kier molecular flexibility index (Phi) is 6.91. The summed E-state index contributed by atoms with van der Waals surface area (Å²) in [5.41, 5.74) is 0.291. The topological polar surface area (TPSA) is 64.4 Å². The highest BCUT2D eigenvalue weighted by molar-refractivity contribution is 6.42. The first-order valence-electron chi connectivity index (χ1n) is 6.01. The van der Waals surface area contributed by atoms with Gasteiger partial charge in [-0.15, -0.1) is 0 Å². The second-order valence-corrected chi connectivity index (χ2v) is 4.75. The Morgan fingerprint density at radius 2 is 2.00 bits per heavy atom. The second-order valence-electron chi connectivity index (χ2n) is 3.93. The Labute approximate surface area is 122 Å². The fourth-order valence-corrected chi connectivity index (χ4v) is 1.79. The summed E-state index contributed by atoms with van der Waals surface area (Å²) >= 11 is 11.6. The zero-order valence-electron chi connectivity index (χ0n) is 10.6. The number of hydrogen-bond donors (Lipinski definition) is 1. The van der Waals surface area contributed by atoms with Crippen LogP contribution in [0.4, 0.5) is 11.4 Å². The third kappa shape index (κ3) is 5.22. The van der Waals surface area contributed by atoms with Crippen molar-refractivity contribution in [2.75, 3.05) is 25.1 Å². The molecule has 106 valence electrons. The highest BCUT2D eigenvalue weighted by atomic mass is 35.5. The van der Waals surface area contributed by atoms with Gasteiger partial charge in [-0.1, -0.05) is 30.1 Å². The number of halogens is 2. The van der Waals surface area contributed by atoms with Crippen molar-refractivity contribution in [3.05, 3.63) is 32.3 Å². The van der Waals surface area contributed by atoms with E-state index in [1.165, 1.54) is 12.1 Å². The third-order valence-electron chi connectivity index (χ3n) is 2.36. The SMILES string of the molecule is CCCOCCCNc1cc(Cl)c(Cl)cc1[N+](=O)[O-]. The molecule has 0 spiro atoms. The van der Waals surface area contributed by atoms with E-state index < -0.39 is 4.92 Å². The van der Waals surface area contributed by atoms with E-state index in [-0.39, 0.29) is 15.7 Å². The lowest BCUT2D eigenvalue weighted by Crippen LogP contribution is -2.07. The predicted molar refractivity (Wildman–Crippen MR) is 77.3 cm³/mol. The summed E-state index contributed by atoms with van der Waals surface area (Å²) in [6.07, 6.45) is 1.74. The van der Waals surface area contributed by atoms with E-state index in [0.717, 1.165) is 19.4 Å². The molecular formula is C12H16Cl2N2O3. The number of rotatable bonds is 8. The van der Waals surface area contributed by atoms with E-state index >= 15 is 0 Å². The number of ether oxygens (including phenoxy) is 1. The maximum Gasteiger partial charge on any atom is 0.293 e. The molecule has 0 aliphatic heterocycles. The molecule has 0 heterocycles. The van der Waals surface area contributed by atoms with E-state index in [9.17, 15) is 10.1 Å². The lowest BCUT2D eigenvalue weighted by Gasteiger charge is -2.08. The molecule has 0 saturated heterocycles. The molecule has 5 nitrogen and oxygen atoms in total. The van der Waals surface area contributed by atoms with E-state index in [1.807, 2.05) is 6.92 Å². The third-order valence-corrected chi connectivity index (χ3v) is 3.09. The quantitative estimate of drug-likeness (QED) is 0.445. The summed E-state index contributed by atoms with van der Waals surface area (Å²) in [6.45, 7) is 3.96. The normalized spacial score (nSPS) is 10.5. The average molecular weight is 307 g/mol. The van der Waals surface area contributed by atoms with Crippen LogP contribution in [-0.2, 0) is 4.74 Å². The first-order valence-corrected chi connectivity index (χ1v) is 6.77. The molecule has 0 aliphatic carbocycles. The van der Waals surface area contributed by atoms with Gasteiger partial charge >= 0.3 is 0 Å². The molecule has 0 atom stereocenters. The van der Waals surface area contributed by atoms with Crippen LogP contribution in [0.5, 0.6) is 0 Å². The van der Waals surface area contributed by atoms with Crippen LogP contribution in [0.3, 0.4) is 0 Å². The number of anilines is 1. The number of hydrogen-bond acceptors (Lipinski definition) is 4. The molecular weight excluding hydrogens is 291 g/mol. The highest BCUT2D eigenvalue weighted by Crippen LogP contribution is 2.33. The van der Waals surface area contributed by atoms with Crippen LogP contribution in [0.25, 0.3) is 0 Å². The van der Waals surface area contributed by atoms with Crippen molar-refractivity contribution in [2.24, 2.45) is 0 Å². The molecule has 0 bridgehead atoms. The van der Waals surface area contributed by atoms with Crippen LogP contribution in [0.2, 0.25) is 10.0 Å². The summed E-state index contributed by atoms with van der Waals surface area (Å²) in [6, 6.07) is 2.72. The lowest BCUT2D eigenvalue weighted by molar-refractivity contribution is -0.383. The van der Waals surface area contributed by atoms with Gasteiger partial charge in [0.25, 0.3) is 5.69 Å². The first kappa shape index (κ1) is 16.0. The van der Waals surface area contributed by atoms with Gasteiger partial charge in [0.15, 0.2) is 0 Å². The van der Waals surface area contributed by atoms with Crippen molar-refractivity contribution in [1.29, 1.82) is 0 Å². The minimum absolute atomic E-state index is 0.0797. The minimum Gasteiger partial charge on any atom is -0.381 e. The van der Waals surface area contributed by atoms with Crippen LogP contribution < -0.4 is 5.32 Å². The monoisotopic (exact) mass is 306 g/mol. The van der Waals surface area contributed by atoms with Crippen LogP contribution in [0, 0.1) is 10.1 Å². The molecule has 19 heavy (non-hydrogen) atoms. The minimum atomic E-state index is -0.488. The summed E-state index contributed by atoms with van der Waals surface area (Å²) in [5, 5.41) is 14.3. The van der Waals surface area contributed by atoms with Gasteiger partial charge in [0.2, 0.25) is 0 Å². The number of nitrogens with zero attached hydrogens (tertiary/aromatic N) is 1. The number of nitrogens with one attached hydrogen (secondary N) is 1. The lowest BCUT2D eigenvalue weighted by atomic mass is 10.2. The van der Waals surface area contributed by atoms with Crippen molar-refractivity contribution in [3.63, 3.8) is 0 Å². The largest absolute Gasteiger partial charge is 0.381 e. The van der Waals surface area contributed by atoms with Gasteiger partial charge in [-0.05, 0) is 18.9 Å². The van der Waals surface area contributed by atoms with Gasteiger partial charge < -0.3 is 10.1 Å². The molecule has 0 radical (unpaired) electrons. The predicted octanol–water partition coefficient (Wildman–Crippen LogP) is 4.13. The van der Waals surface area contributed by atoms with Crippen LogP contribution in [-0.4, -0.2) is 24.7 Å². The molecule has 0 saturated carbocycles. The molecule has 0 amide bonds. The molecule has 0 fully saturated rings. The molecule has 1 rings (SSSR count). The van der Waals surface area contributed by atoms with E-state index in [2.05, 4.69) is 5.32 Å². The van der Waals surface area contributed by atoms with Gasteiger partial charge in [0.1, 0.15) is 5.69 Å². The van der Waals surface area contributed by atoms with Gasteiger partial charge in [-0.2, -0.15) is 0 Å². The zero-order valence-corrected chi connectivity index (χ0v) is 12.1. The number of nitro benzene ring substituents is 1. The average Bonchev–Trinajstić information content (AvgIpc) is 2.37. The fourth-order valence-electron chi connectivity index (χ4n) is 1.47. The van der Waals surface area contributed by atoms with Crippen LogP contribution in [0.15, 0.2) is 12.1 Å². The van der Waals surface area contributed by atoms with Crippen molar-refractivity contribution in [3.8, 4) is 0 Å². The Hall–Kier alpha value is -1.04. The fraction of sp³-hybridized carbons (Fsp3) is 0.500. The second kappa shape index (κ2) is 8.19. The molecule has 1 N–H and O–H groups in total. The van der Waals surface area contributed by atoms with E-state index in [0.29, 0.717) is 18.8 Å². The molecule has 0 aromatic heterocycles. The van der Waals surface area contributed by atoms with Gasteiger partial charge in [0.05, 0.1) is 15.0 Å². The maximum atomic E-state index is 10.9. The maximum absolute atomic E-state index is 10.9. The highest BCUT2D eigenvalue weighted by Gasteiger charge is 2.16. The Morgan fingerprint density at radius 1 is 1.32 bits per heavy atom. The van der Waals surface area contributed by atoms with Crippen molar-refractivity contribution >= 4 is 34.6 Å². The summed E-state index contributed by atoms with van der Waals surface area (Å²) in [4.78, 5) is 10.4. The summed E-state index contributed by atoms with van der Waals surface area (Å²) in [7, 11) is 0. The van der Waals surface area contributed by atoms with Crippen molar-refractivity contribution < 1.29 is 9.66 Å². The standard InChI is InChI=1S/C12H16Cl2N2O3/c1-2-5-19-6-3-4-15-11-7-9(13)10(14)8-12(11)16(17)18/h7-8,15H,2-6H2,1H3. The smallest absolute Gasteiger partial charge is 0.293 e. The van der Waals surface area contributed by atoms with E-state index in [1.54, 1.807) is 0 Å². The van der Waals surface area contributed by atoms with Gasteiger partial charge in [-0.3, -0.25) is 10.1 Å². The number of nitro groups is 1. The Bertz CT molecular complexity index is 441. The Morgan fingerprint density at radius 3 is 2.63 bits per heavy atom. The van der Waals surface area contributed by atoms with Crippen LogP contribution in [0.1, 0.15) is 19.8 Å². The molecule has 1 aromatic carbocycles. The first-order chi connectivity index (χ1) is 9.06. The molecule has 0 unspecified atom stereocenters. The van der Waals surface area contributed by atoms with Crippen LogP contribution >= 0.6 is 23.2 Å². The Balaban J connectivity index is 2.57. The van der Waals surface area contributed by atoms with Crippen molar-refractivity contribution in [2.45, 2.75) is 19.8 Å². The summed E-state index contributed by atoms with van der Waals surface area (Å²) < 4.78 is 5.32. The molecule has 1 aromatic rings. The van der Waals surface area contributed by atoms with Gasteiger partial charge in [-0.25, -0.2) is 0 Å². The number of benzene rings is 1. The van der Waals surface area contributed by atoms with Crippen molar-refractivity contribution in [1.82, 2.24) is 0 Å². The summed E-state index contributed by atoms with van der Waals surface area (Å²) in [5.74, 6) is 0. The van der Waals surface area contributed by atoms with Gasteiger partial charge in [0, 0.05) is 25.8 Å². The zero-order chi connectivity index (χ0) is 14.3. The van der Waals surface area contributed by atoms with E-state index in [4.69, 9.17) is 27.9 Å².